The van der Waals surface area contributed by atoms with Crippen molar-refractivity contribution in [2.24, 2.45) is 4.99 Å². The van der Waals surface area contributed by atoms with E-state index in [1.807, 2.05) is 6.92 Å². The van der Waals surface area contributed by atoms with E-state index in [1.165, 1.54) is 17.8 Å². The Labute approximate surface area is 164 Å². The third-order valence-electron chi connectivity index (χ3n) is 3.37. The minimum atomic E-state index is -0.250. The Morgan fingerprint density at radius 2 is 2.04 bits per heavy atom. The monoisotopic (exact) mass is 408 g/mol. The van der Waals surface area contributed by atoms with Crippen LogP contribution in [0.15, 0.2) is 46.3 Å². The molecule has 0 aliphatic carbocycles. The van der Waals surface area contributed by atoms with Gasteiger partial charge in [-0.3, -0.25) is 4.79 Å². The van der Waals surface area contributed by atoms with Gasteiger partial charge in [-0.2, -0.15) is 0 Å². The quantitative estimate of drug-likeness (QED) is 0.698. The van der Waals surface area contributed by atoms with Gasteiger partial charge in [-0.05, 0) is 60.7 Å². The molecule has 2 N–H and O–H groups in total. The number of carbonyl (C=O) groups excluding carboxylic acids is 1. The molecule has 0 spiro atoms. The largest absolute Gasteiger partial charge is 0.504 e. The number of thioether (sulfide) groups is 1. The van der Waals surface area contributed by atoms with Gasteiger partial charge in [-0.15, -0.1) is 0 Å². The number of amides is 1. The standard InChI is InChI=1S/C18H14Cl2N2O3S/c1-2-25-15-7-10(3-6-14(15)23)8-16-17(24)22-18(26-16)21-11-4-5-12(19)13(20)9-11/h3-9,23H,2H2,1H3,(H,21,22,24). The SMILES string of the molecule is CCOc1cc(C=C2SC(=Nc3ccc(Cl)c(Cl)c3)NC2=O)ccc1O. The molecule has 1 heterocycles. The van der Waals surface area contributed by atoms with Crippen LogP contribution < -0.4 is 10.1 Å². The maximum Gasteiger partial charge on any atom is 0.264 e. The van der Waals surface area contributed by atoms with E-state index in [2.05, 4.69) is 10.3 Å². The highest BCUT2D eigenvalue weighted by molar-refractivity contribution is 8.18. The minimum Gasteiger partial charge on any atom is -0.504 e. The number of nitrogens with one attached hydrogen (secondary N) is 1. The molecular weight excluding hydrogens is 395 g/mol. The van der Waals surface area contributed by atoms with Crippen LogP contribution in [0.2, 0.25) is 10.0 Å². The number of hydrogen-bond acceptors (Lipinski definition) is 5. The summed E-state index contributed by atoms with van der Waals surface area (Å²) < 4.78 is 5.36. The van der Waals surface area contributed by atoms with Crippen molar-refractivity contribution in [3.63, 3.8) is 0 Å². The molecule has 0 unspecified atom stereocenters. The summed E-state index contributed by atoms with van der Waals surface area (Å²) >= 11 is 13.1. The number of hydrogen-bond donors (Lipinski definition) is 2. The van der Waals surface area contributed by atoms with Gasteiger partial charge in [0.25, 0.3) is 5.91 Å². The molecule has 5 nitrogen and oxygen atoms in total. The molecule has 134 valence electrons. The summed E-state index contributed by atoms with van der Waals surface area (Å²) in [7, 11) is 0. The first-order valence-corrected chi connectivity index (χ1v) is 9.24. The van der Waals surface area contributed by atoms with E-state index in [4.69, 9.17) is 27.9 Å². The van der Waals surface area contributed by atoms with Crippen LogP contribution in [0.3, 0.4) is 0 Å². The minimum absolute atomic E-state index is 0.0550. The van der Waals surface area contributed by atoms with Crippen LogP contribution in [0, 0.1) is 0 Å². The van der Waals surface area contributed by atoms with Gasteiger partial charge in [0.05, 0.1) is 27.2 Å². The molecule has 1 amide bonds. The van der Waals surface area contributed by atoms with E-state index in [0.717, 1.165) is 5.56 Å². The number of carbonyl (C=O) groups is 1. The normalized spacial score (nSPS) is 17.0. The Morgan fingerprint density at radius 3 is 2.77 bits per heavy atom. The van der Waals surface area contributed by atoms with Gasteiger partial charge in [0.1, 0.15) is 0 Å². The van der Waals surface area contributed by atoms with Gasteiger partial charge >= 0.3 is 0 Å². The molecule has 1 saturated heterocycles. The number of amidine groups is 1. The van der Waals surface area contributed by atoms with Crippen molar-refractivity contribution in [3.05, 3.63) is 56.9 Å². The summed E-state index contributed by atoms with van der Waals surface area (Å²) in [5.74, 6) is 0.175. The number of rotatable bonds is 4. The third kappa shape index (κ3) is 4.33. The van der Waals surface area contributed by atoms with Crippen LogP contribution in [0.5, 0.6) is 11.5 Å². The topological polar surface area (TPSA) is 70.9 Å². The van der Waals surface area contributed by atoms with E-state index in [1.54, 1.807) is 36.4 Å². The molecule has 1 fully saturated rings. The van der Waals surface area contributed by atoms with Gasteiger partial charge < -0.3 is 15.2 Å². The molecule has 2 aromatic rings. The first-order valence-electron chi connectivity index (χ1n) is 7.66. The summed E-state index contributed by atoms with van der Waals surface area (Å²) in [6.07, 6.45) is 1.71. The van der Waals surface area contributed by atoms with Crippen LogP contribution in [0.25, 0.3) is 6.08 Å². The fourth-order valence-corrected chi connectivity index (χ4v) is 3.33. The van der Waals surface area contributed by atoms with E-state index in [9.17, 15) is 9.90 Å². The van der Waals surface area contributed by atoms with Crippen LogP contribution in [-0.2, 0) is 4.79 Å². The molecule has 0 saturated carbocycles. The first kappa shape index (κ1) is 18.6. The summed E-state index contributed by atoms with van der Waals surface area (Å²) in [4.78, 5) is 17.0. The Hall–Kier alpha value is -2.15. The van der Waals surface area contributed by atoms with Crippen LogP contribution in [-0.4, -0.2) is 22.8 Å². The number of phenolic OH excluding ortho intramolecular Hbond substituents is 1. The van der Waals surface area contributed by atoms with Crippen molar-refractivity contribution in [1.29, 1.82) is 0 Å². The number of nitrogens with zero attached hydrogens (tertiary/aromatic N) is 1. The molecule has 1 aliphatic heterocycles. The second kappa shape index (κ2) is 8.03. The van der Waals surface area contributed by atoms with Crippen molar-refractivity contribution in [3.8, 4) is 11.5 Å². The summed E-state index contributed by atoms with van der Waals surface area (Å²) in [6, 6.07) is 9.89. The maximum absolute atomic E-state index is 12.2. The van der Waals surface area contributed by atoms with E-state index in [-0.39, 0.29) is 11.7 Å². The zero-order valence-electron chi connectivity index (χ0n) is 13.6. The summed E-state index contributed by atoms with van der Waals surface area (Å²) in [5.41, 5.74) is 1.33. The fourth-order valence-electron chi connectivity index (χ4n) is 2.20. The van der Waals surface area contributed by atoms with Crippen LogP contribution in [0.1, 0.15) is 12.5 Å². The Kier molecular flexibility index (Phi) is 5.76. The lowest BCUT2D eigenvalue weighted by Crippen LogP contribution is -2.19. The van der Waals surface area contributed by atoms with Crippen molar-refractivity contribution < 1.29 is 14.6 Å². The zero-order valence-corrected chi connectivity index (χ0v) is 16.0. The smallest absolute Gasteiger partial charge is 0.264 e. The number of phenols is 1. The number of benzene rings is 2. The molecule has 0 atom stereocenters. The lowest BCUT2D eigenvalue weighted by atomic mass is 10.2. The molecule has 0 radical (unpaired) electrons. The second-order valence-corrected chi connectivity index (χ2v) is 7.09. The molecule has 3 rings (SSSR count). The Bertz CT molecular complexity index is 929. The third-order valence-corrected chi connectivity index (χ3v) is 5.02. The van der Waals surface area contributed by atoms with Crippen LogP contribution >= 0.6 is 35.0 Å². The highest BCUT2D eigenvalue weighted by atomic mass is 35.5. The lowest BCUT2D eigenvalue weighted by molar-refractivity contribution is -0.115. The predicted octanol–water partition coefficient (Wildman–Crippen LogP) is 4.99. The van der Waals surface area contributed by atoms with Crippen molar-refractivity contribution in [2.45, 2.75) is 6.92 Å². The molecule has 1 aliphatic rings. The molecule has 0 bridgehead atoms. The van der Waals surface area contributed by atoms with Crippen molar-refractivity contribution in [2.75, 3.05) is 6.61 Å². The number of aromatic hydroxyl groups is 1. The molecule has 8 heteroatoms. The Balaban J connectivity index is 1.83. The number of aliphatic imine (C=N–C) groups is 1. The highest BCUT2D eigenvalue weighted by Gasteiger charge is 2.24. The average molecular weight is 409 g/mol. The summed E-state index contributed by atoms with van der Waals surface area (Å²) in [5, 5.41) is 13.7. The molecule has 26 heavy (non-hydrogen) atoms. The van der Waals surface area contributed by atoms with Gasteiger partial charge in [0.15, 0.2) is 16.7 Å². The molecule has 2 aromatic carbocycles. The number of ether oxygens (including phenoxy) is 1. The van der Waals surface area contributed by atoms with E-state index < -0.39 is 0 Å². The Morgan fingerprint density at radius 1 is 1.23 bits per heavy atom. The molecular formula is C18H14Cl2N2O3S. The van der Waals surface area contributed by atoms with Gasteiger partial charge in [0, 0.05) is 0 Å². The van der Waals surface area contributed by atoms with Gasteiger partial charge in [0.2, 0.25) is 0 Å². The predicted molar refractivity (Wildman–Crippen MR) is 107 cm³/mol. The van der Waals surface area contributed by atoms with Crippen molar-refractivity contribution in [1.82, 2.24) is 5.32 Å². The maximum atomic E-state index is 12.2. The van der Waals surface area contributed by atoms with Crippen molar-refractivity contribution >= 4 is 57.8 Å². The fraction of sp³-hybridized carbons (Fsp3) is 0.111. The average Bonchev–Trinajstić information content (AvgIpc) is 2.93. The first-order chi connectivity index (χ1) is 12.5. The summed E-state index contributed by atoms with van der Waals surface area (Å²) in [6.45, 7) is 2.26. The lowest BCUT2D eigenvalue weighted by Gasteiger charge is -2.06. The van der Waals surface area contributed by atoms with Gasteiger partial charge in [-0.25, -0.2) is 4.99 Å². The van der Waals surface area contributed by atoms with E-state index >= 15 is 0 Å². The van der Waals surface area contributed by atoms with Gasteiger partial charge in [-0.1, -0.05) is 29.3 Å². The highest BCUT2D eigenvalue weighted by Crippen LogP contribution is 2.32. The second-order valence-electron chi connectivity index (χ2n) is 5.24. The van der Waals surface area contributed by atoms with Crippen LogP contribution in [0.4, 0.5) is 5.69 Å². The van der Waals surface area contributed by atoms with E-state index in [0.29, 0.717) is 38.2 Å². The number of halogens is 2. The zero-order chi connectivity index (χ0) is 18.7. The molecule has 0 aromatic heterocycles.